The molecule has 2 heterocycles. The van der Waals surface area contributed by atoms with Crippen LogP contribution in [0.25, 0.3) is 22.6 Å². The lowest BCUT2D eigenvalue weighted by atomic mass is 10.2. The van der Waals surface area contributed by atoms with E-state index in [0.717, 1.165) is 12.1 Å². The zero-order valence-corrected chi connectivity index (χ0v) is 8.92. The van der Waals surface area contributed by atoms with Gasteiger partial charge in [-0.15, -0.1) is 0 Å². The highest BCUT2D eigenvalue weighted by molar-refractivity contribution is 5.75. The van der Waals surface area contributed by atoms with Gasteiger partial charge in [-0.25, -0.2) is 23.1 Å². The van der Waals surface area contributed by atoms with Crippen LogP contribution in [0.3, 0.4) is 0 Å². The van der Waals surface area contributed by atoms with Gasteiger partial charge in [-0.1, -0.05) is 0 Å². The second kappa shape index (κ2) is 3.83. The summed E-state index contributed by atoms with van der Waals surface area (Å²) in [5.74, 6) is -3.90. The van der Waals surface area contributed by atoms with Gasteiger partial charge in [0.1, 0.15) is 5.82 Å². The Balaban J connectivity index is 2.23. The van der Waals surface area contributed by atoms with Crippen molar-refractivity contribution in [3.05, 3.63) is 47.9 Å². The number of benzene rings is 1. The maximum absolute atomic E-state index is 13.6. The number of nitrogens with one attached hydrogen (secondary N) is 1. The Bertz CT molecular complexity index is 704. The van der Waals surface area contributed by atoms with E-state index in [2.05, 4.69) is 15.0 Å². The number of nitrogens with zero attached hydrogens (tertiary/aromatic N) is 2. The molecule has 3 aromatic rings. The fourth-order valence-electron chi connectivity index (χ4n) is 1.68. The third-order valence-corrected chi connectivity index (χ3v) is 2.55. The lowest BCUT2D eigenvalue weighted by Crippen LogP contribution is -1.94. The molecule has 3 rings (SSSR count). The second-order valence-electron chi connectivity index (χ2n) is 3.68. The van der Waals surface area contributed by atoms with Gasteiger partial charge in [0.05, 0.1) is 11.1 Å². The molecular formula is C12H6F3N3. The van der Waals surface area contributed by atoms with Crippen LogP contribution in [0.15, 0.2) is 30.5 Å². The Hall–Kier alpha value is -2.37. The third-order valence-electron chi connectivity index (χ3n) is 2.55. The predicted molar refractivity (Wildman–Crippen MR) is 59.2 cm³/mol. The molecule has 0 aliphatic rings. The number of aromatic nitrogens is 3. The highest BCUT2D eigenvalue weighted by Crippen LogP contribution is 2.25. The first-order valence-corrected chi connectivity index (χ1v) is 5.11. The minimum absolute atomic E-state index is 0.111. The Morgan fingerprint density at radius 3 is 2.61 bits per heavy atom. The maximum atomic E-state index is 13.6. The van der Waals surface area contributed by atoms with Gasteiger partial charge in [-0.3, -0.25) is 0 Å². The number of hydrogen-bond donors (Lipinski definition) is 1. The summed E-state index contributed by atoms with van der Waals surface area (Å²) in [7, 11) is 0. The molecule has 0 radical (unpaired) electrons. The van der Waals surface area contributed by atoms with Crippen LogP contribution in [-0.4, -0.2) is 15.0 Å². The summed E-state index contributed by atoms with van der Waals surface area (Å²) in [6.07, 6.45) is 1.54. The average Bonchev–Trinajstić information content (AvgIpc) is 2.79. The molecule has 2 aromatic heterocycles. The van der Waals surface area contributed by atoms with Crippen molar-refractivity contribution in [2.75, 3.05) is 0 Å². The Labute approximate surface area is 99.3 Å². The molecule has 0 aliphatic carbocycles. The van der Waals surface area contributed by atoms with Gasteiger partial charge in [0, 0.05) is 6.20 Å². The molecule has 0 saturated carbocycles. The van der Waals surface area contributed by atoms with Gasteiger partial charge in [0.25, 0.3) is 0 Å². The molecule has 0 fully saturated rings. The lowest BCUT2D eigenvalue weighted by molar-refractivity contribution is 0.448. The van der Waals surface area contributed by atoms with Crippen LogP contribution < -0.4 is 0 Å². The van der Waals surface area contributed by atoms with Crippen molar-refractivity contribution < 1.29 is 13.2 Å². The molecule has 0 spiro atoms. The highest BCUT2D eigenvalue weighted by atomic mass is 19.2. The Morgan fingerprint density at radius 2 is 1.83 bits per heavy atom. The Kier molecular flexibility index (Phi) is 2.29. The molecule has 0 aliphatic heterocycles. The van der Waals surface area contributed by atoms with Crippen LogP contribution in [0, 0.1) is 17.5 Å². The second-order valence-corrected chi connectivity index (χ2v) is 3.68. The molecule has 1 aromatic carbocycles. The first-order valence-electron chi connectivity index (χ1n) is 5.11. The van der Waals surface area contributed by atoms with Crippen molar-refractivity contribution in [3.8, 4) is 11.4 Å². The highest BCUT2D eigenvalue weighted by Gasteiger charge is 2.17. The van der Waals surface area contributed by atoms with E-state index in [1.54, 1.807) is 12.1 Å². The lowest BCUT2D eigenvalue weighted by Gasteiger charge is -2.00. The summed E-state index contributed by atoms with van der Waals surface area (Å²) in [5, 5.41) is 0. The summed E-state index contributed by atoms with van der Waals surface area (Å²) in [4.78, 5) is 10.8. The van der Waals surface area contributed by atoms with Crippen LogP contribution >= 0.6 is 0 Å². The van der Waals surface area contributed by atoms with Crippen LogP contribution in [-0.2, 0) is 0 Å². The van der Waals surface area contributed by atoms with Crippen molar-refractivity contribution in [1.82, 2.24) is 15.0 Å². The monoisotopic (exact) mass is 249 g/mol. The average molecular weight is 249 g/mol. The molecule has 0 unspecified atom stereocenters. The number of hydrogen-bond acceptors (Lipinski definition) is 2. The maximum Gasteiger partial charge on any atom is 0.195 e. The van der Waals surface area contributed by atoms with Crippen molar-refractivity contribution in [2.45, 2.75) is 0 Å². The fraction of sp³-hybridized carbons (Fsp3) is 0. The first-order chi connectivity index (χ1) is 8.66. The summed E-state index contributed by atoms with van der Waals surface area (Å²) in [5.41, 5.74) is 0.847. The van der Waals surface area contributed by atoms with Crippen LogP contribution in [0.4, 0.5) is 13.2 Å². The normalized spacial score (nSPS) is 11.1. The first kappa shape index (κ1) is 10.8. The SMILES string of the molecule is Fc1ccc(-c2nc3ncccc3[nH]2)c(F)c1F. The molecule has 0 atom stereocenters. The molecule has 90 valence electrons. The van der Waals surface area contributed by atoms with Gasteiger partial charge in [-0.2, -0.15) is 0 Å². The van der Waals surface area contributed by atoms with Gasteiger partial charge >= 0.3 is 0 Å². The summed E-state index contributed by atoms with van der Waals surface area (Å²) < 4.78 is 39.5. The smallest absolute Gasteiger partial charge is 0.195 e. The minimum Gasteiger partial charge on any atom is -0.336 e. The van der Waals surface area contributed by atoms with Crippen LogP contribution in [0.1, 0.15) is 0 Å². The number of pyridine rings is 1. The largest absolute Gasteiger partial charge is 0.336 e. The van der Waals surface area contributed by atoms with Crippen molar-refractivity contribution in [2.24, 2.45) is 0 Å². The van der Waals surface area contributed by atoms with Crippen molar-refractivity contribution in [1.29, 1.82) is 0 Å². The molecular weight excluding hydrogens is 243 g/mol. The van der Waals surface area contributed by atoms with Gasteiger partial charge < -0.3 is 4.98 Å². The zero-order valence-electron chi connectivity index (χ0n) is 8.92. The minimum atomic E-state index is -1.51. The molecule has 0 bridgehead atoms. The number of rotatable bonds is 1. The van der Waals surface area contributed by atoms with E-state index in [1.165, 1.54) is 6.20 Å². The standard InChI is InChI=1S/C12H6F3N3/c13-7-4-3-6(9(14)10(7)15)11-17-8-2-1-5-16-12(8)18-11/h1-5H,(H,16,17,18). The molecule has 0 amide bonds. The summed E-state index contributed by atoms with van der Waals surface area (Å²) >= 11 is 0. The summed E-state index contributed by atoms with van der Waals surface area (Å²) in [6.45, 7) is 0. The third kappa shape index (κ3) is 1.54. The van der Waals surface area contributed by atoms with E-state index in [4.69, 9.17) is 0 Å². The number of imidazole rings is 1. The van der Waals surface area contributed by atoms with Crippen molar-refractivity contribution in [3.63, 3.8) is 0 Å². The molecule has 18 heavy (non-hydrogen) atoms. The van der Waals surface area contributed by atoms with Gasteiger partial charge in [0.2, 0.25) is 0 Å². The molecule has 1 N–H and O–H groups in total. The summed E-state index contributed by atoms with van der Waals surface area (Å²) in [6, 6.07) is 5.38. The van der Waals surface area contributed by atoms with E-state index in [-0.39, 0.29) is 11.4 Å². The van der Waals surface area contributed by atoms with E-state index in [9.17, 15) is 13.2 Å². The molecule has 3 nitrogen and oxygen atoms in total. The number of fused-ring (bicyclic) bond motifs is 1. The quantitative estimate of drug-likeness (QED) is 0.673. The van der Waals surface area contributed by atoms with Crippen LogP contribution in [0.5, 0.6) is 0 Å². The van der Waals surface area contributed by atoms with E-state index in [1.807, 2.05) is 0 Å². The molecule has 6 heteroatoms. The fourth-order valence-corrected chi connectivity index (χ4v) is 1.68. The number of aromatic amines is 1. The molecule has 0 saturated heterocycles. The van der Waals surface area contributed by atoms with Gasteiger partial charge in [0.15, 0.2) is 23.1 Å². The van der Waals surface area contributed by atoms with Gasteiger partial charge in [-0.05, 0) is 24.3 Å². The van der Waals surface area contributed by atoms with E-state index in [0.29, 0.717) is 11.2 Å². The number of H-pyrrole nitrogens is 1. The zero-order chi connectivity index (χ0) is 12.7. The van der Waals surface area contributed by atoms with E-state index >= 15 is 0 Å². The van der Waals surface area contributed by atoms with Crippen molar-refractivity contribution >= 4 is 11.2 Å². The Morgan fingerprint density at radius 1 is 1.00 bits per heavy atom. The number of halogens is 3. The van der Waals surface area contributed by atoms with Crippen LogP contribution in [0.2, 0.25) is 0 Å². The topological polar surface area (TPSA) is 41.6 Å². The predicted octanol–water partition coefficient (Wildman–Crippen LogP) is 3.04. The van der Waals surface area contributed by atoms with E-state index < -0.39 is 17.5 Å².